The highest BCUT2D eigenvalue weighted by Crippen LogP contribution is 2.34. The van der Waals surface area contributed by atoms with Crippen LogP contribution in [-0.4, -0.2) is 51.2 Å². The van der Waals surface area contributed by atoms with Crippen LogP contribution < -0.4 is 15.8 Å². The van der Waals surface area contributed by atoms with Gasteiger partial charge in [0.25, 0.3) is 5.91 Å². The number of anilines is 1. The number of H-pyrrole nitrogens is 1. The number of aromatic amines is 1. The molecular formula is C22H24N6O4. The molecule has 1 aliphatic rings. The van der Waals surface area contributed by atoms with E-state index in [1.54, 1.807) is 11.2 Å². The number of carbonyl (C=O) groups excluding carboxylic acids is 3. The molecule has 1 fully saturated rings. The summed E-state index contributed by atoms with van der Waals surface area (Å²) in [6.45, 7) is 2.51. The number of fused-ring (bicyclic) bond motifs is 1. The van der Waals surface area contributed by atoms with Crippen LogP contribution in [-0.2, 0) is 9.59 Å². The third-order valence-electron chi connectivity index (χ3n) is 5.67. The minimum Gasteiger partial charge on any atom is -0.480 e. The number of nitrogens with one attached hydrogen (secondary N) is 2. The summed E-state index contributed by atoms with van der Waals surface area (Å²) < 4.78 is 5.00. The SMILES string of the molecule is COc1ncc(NC(=O)C(=O)N2C[C@@H](C)CCC2c2ccc3[nH]cnc3c2)cc1C(N)=O. The maximum atomic E-state index is 13.1. The van der Waals surface area contributed by atoms with Gasteiger partial charge in [-0.05, 0) is 42.5 Å². The molecule has 1 aliphatic heterocycles. The number of methoxy groups -OCH3 is 1. The zero-order chi connectivity index (χ0) is 22.8. The van der Waals surface area contributed by atoms with Crippen molar-refractivity contribution in [1.29, 1.82) is 0 Å². The van der Waals surface area contributed by atoms with Crippen LogP contribution in [0.25, 0.3) is 11.0 Å². The third-order valence-corrected chi connectivity index (χ3v) is 5.67. The highest BCUT2D eigenvalue weighted by Gasteiger charge is 2.34. The Morgan fingerprint density at radius 1 is 1.22 bits per heavy atom. The van der Waals surface area contributed by atoms with Crippen molar-refractivity contribution < 1.29 is 19.1 Å². The number of carbonyl (C=O) groups is 3. The van der Waals surface area contributed by atoms with Gasteiger partial charge in [-0.2, -0.15) is 0 Å². The number of hydrogen-bond acceptors (Lipinski definition) is 6. The predicted octanol–water partition coefficient (Wildman–Crippen LogP) is 2.00. The van der Waals surface area contributed by atoms with E-state index in [9.17, 15) is 14.4 Å². The van der Waals surface area contributed by atoms with Crippen LogP contribution in [0.5, 0.6) is 5.88 Å². The summed E-state index contributed by atoms with van der Waals surface area (Å²) in [5, 5.41) is 2.52. The highest BCUT2D eigenvalue weighted by atomic mass is 16.5. The van der Waals surface area contributed by atoms with E-state index in [1.807, 2.05) is 18.2 Å². The van der Waals surface area contributed by atoms with Crippen LogP contribution in [0, 0.1) is 5.92 Å². The van der Waals surface area contributed by atoms with Crippen LogP contribution in [0.3, 0.4) is 0 Å². The summed E-state index contributed by atoms with van der Waals surface area (Å²) in [5.41, 5.74) is 8.17. The molecule has 0 aliphatic carbocycles. The van der Waals surface area contributed by atoms with E-state index in [0.29, 0.717) is 6.54 Å². The number of piperidine rings is 1. The van der Waals surface area contributed by atoms with Gasteiger partial charge < -0.3 is 25.7 Å². The fourth-order valence-corrected chi connectivity index (χ4v) is 4.05. The van der Waals surface area contributed by atoms with Crippen molar-refractivity contribution in [3.63, 3.8) is 0 Å². The van der Waals surface area contributed by atoms with Crippen LogP contribution in [0.1, 0.15) is 41.7 Å². The molecule has 2 atom stereocenters. The molecule has 3 aromatic rings. The van der Waals surface area contributed by atoms with Crippen LogP contribution >= 0.6 is 0 Å². The van der Waals surface area contributed by atoms with Gasteiger partial charge in [0.05, 0.1) is 42.4 Å². The van der Waals surface area contributed by atoms with Gasteiger partial charge >= 0.3 is 11.8 Å². The smallest absolute Gasteiger partial charge is 0.313 e. The Morgan fingerprint density at radius 2 is 2.03 bits per heavy atom. The molecule has 0 saturated carbocycles. The normalized spacial score (nSPS) is 18.4. The fourth-order valence-electron chi connectivity index (χ4n) is 4.05. The van der Waals surface area contributed by atoms with Crippen LogP contribution in [0.2, 0.25) is 0 Å². The van der Waals surface area contributed by atoms with Gasteiger partial charge in [0.1, 0.15) is 5.56 Å². The largest absolute Gasteiger partial charge is 0.480 e. The van der Waals surface area contributed by atoms with Gasteiger partial charge in [0, 0.05) is 6.54 Å². The topological polar surface area (TPSA) is 143 Å². The first-order valence-electron chi connectivity index (χ1n) is 10.3. The highest BCUT2D eigenvalue weighted by molar-refractivity contribution is 6.39. The second-order valence-electron chi connectivity index (χ2n) is 7.93. The maximum Gasteiger partial charge on any atom is 0.313 e. The lowest BCUT2D eigenvalue weighted by molar-refractivity contribution is -0.146. The van der Waals surface area contributed by atoms with E-state index in [-0.39, 0.29) is 29.1 Å². The summed E-state index contributed by atoms with van der Waals surface area (Å²) >= 11 is 0. The van der Waals surface area contributed by atoms with Crippen molar-refractivity contribution in [2.45, 2.75) is 25.8 Å². The van der Waals surface area contributed by atoms with Gasteiger partial charge in [0.15, 0.2) is 0 Å². The summed E-state index contributed by atoms with van der Waals surface area (Å²) in [6, 6.07) is 6.91. The minimum absolute atomic E-state index is 0.00882. The first kappa shape index (κ1) is 21.3. The van der Waals surface area contributed by atoms with Crippen molar-refractivity contribution in [3.8, 4) is 5.88 Å². The molecule has 0 radical (unpaired) electrons. The first-order valence-corrected chi connectivity index (χ1v) is 10.3. The zero-order valence-corrected chi connectivity index (χ0v) is 17.8. The number of hydrogen-bond donors (Lipinski definition) is 3. The van der Waals surface area contributed by atoms with E-state index in [2.05, 4.69) is 27.2 Å². The summed E-state index contributed by atoms with van der Waals surface area (Å²) in [7, 11) is 1.36. The van der Waals surface area contributed by atoms with Crippen molar-refractivity contribution in [1.82, 2.24) is 19.9 Å². The Morgan fingerprint density at radius 3 is 2.78 bits per heavy atom. The monoisotopic (exact) mass is 436 g/mol. The number of benzene rings is 1. The zero-order valence-electron chi connectivity index (χ0n) is 17.8. The molecule has 10 heteroatoms. The molecule has 0 bridgehead atoms. The molecule has 32 heavy (non-hydrogen) atoms. The van der Waals surface area contributed by atoms with Crippen molar-refractivity contribution >= 4 is 34.4 Å². The summed E-state index contributed by atoms with van der Waals surface area (Å²) in [4.78, 5) is 50.5. The maximum absolute atomic E-state index is 13.1. The quantitative estimate of drug-likeness (QED) is 0.534. The molecule has 3 heterocycles. The number of primary amides is 1. The molecule has 1 aromatic carbocycles. The number of rotatable bonds is 4. The molecule has 4 rings (SSSR count). The average molecular weight is 436 g/mol. The van der Waals surface area contributed by atoms with E-state index in [0.717, 1.165) is 29.4 Å². The number of pyridine rings is 1. The average Bonchev–Trinajstić information content (AvgIpc) is 3.26. The van der Waals surface area contributed by atoms with Crippen LogP contribution in [0.4, 0.5) is 5.69 Å². The van der Waals surface area contributed by atoms with Gasteiger partial charge in [-0.1, -0.05) is 13.0 Å². The first-order chi connectivity index (χ1) is 15.4. The molecule has 1 unspecified atom stereocenters. The lowest BCUT2D eigenvalue weighted by atomic mass is 9.89. The molecular weight excluding hydrogens is 412 g/mol. The van der Waals surface area contributed by atoms with Crippen LogP contribution in [0.15, 0.2) is 36.8 Å². The molecule has 1 saturated heterocycles. The Labute approximate surface area is 184 Å². The summed E-state index contributed by atoms with van der Waals surface area (Å²) in [5.74, 6) is -1.91. The van der Waals surface area contributed by atoms with E-state index >= 15 is 0 Å². The Kier molecular flexibility index (Phi) is 5.76. The number of ether oxygens (including phenoxy) is 1. The molecule has 2 aromatic heterocycles. The molecule has 3 amide bonds. The van der Waals surface area contributed by atoms with Crippen molar-refractivity contribution in [3.05, 3.63) is 47.9 Å². The predicted molar refractivity (Wildman–Crippen MR) is 117 cm³/mol. The van der Waals surface area contributed by atoms with Gasteiger partial charge in [0.2, 0.25) is 5.88 Å². The number of aromatic nitrogens is 3. The molecule has 4 N–H and O–H groups in total. The molecule has 10 nitrogen and oxygen atoms in total. The van der Waals surface area contributed by atoms with Crippen molar-refractivity contribution in [2.75, 3.05) is 19.0 Å². The van der Waals surface area contributed by atoms with E-state index in [1.165, 1.54) is 19.4 Å². The van der Waals surface area contributed by atoms with Crippen molar-refractivity contribution in [2.24, 2.45) is 11.7 Å². The number of likely N-dealkylation sites (tertiary alicyclic amines) is 1. The second-order valence-corrected chi connectivity index (χ2v) is 7.93. The van der Waals surface area contributed by atoms with Gasteiger partial charge in [-0.25, -0.2) is 9.97 Å². The van der Waals surface area contributed by atoms with Gasteiger partial charge in [-0.3, -0.25) is 14.4 Å². The molecule has 0 spiro atoms. The number of nitrogens with zero attached hydrogens (tertiary/aromatic N) is 3. The Balaban J connectivity index is 1.57. The number of amides is 3. The standard InChI is InChI=1S/C22H24N6O4/c1-12-3-6-18(13-4-5-16-17(7-13)26-11-25-16)28(10-12)22(31)20(30)27-14-8-15(19(23)29)21(32-2)24-9-14/h4-5,7-9,11-12,18H,3,6,10H2,1-2H3,(H2,23,29)(H,25,26)(H,27,30)/t12-,18?/m0/s1. The third kappa shape index (κ3) is 4.11. The Bertz CT molecular complexity index is 1190. The lowest BCUT2D eigenvalue weighted by Gasteiger charge is -2.38. The van der Waals surface area contributed by atoms with E-state index in [4.69, 9.17) is 10.5 Å². The van der Waals surface area contributed by atoms with E-state index < -0.39 is 17.7 Å². The Hall–Kier alpha value is -3.95. The minimum atomic E-state index is -0.813. The second kappa shape index (κ2) is 8.66. The number of imidazole rings is 1. The van der Waals surface area contributed by atoms with Gasteiger partial charge in [-0.15, -0.1) is 0 Å². The fraction of sp³-hybridized carbons (Fsp3) is 0.318. The number of nitrogens with two attached hydrogens (primary N) is 1. The summed E-state index contributed by atoms with van der Waals surface area (Å²) in [6.07, 6.45) is 4.61. The molecule has 166 valence electrons. The lowest BCUT2D eigenvalue weighted by Crippen LogP contribution is -2.46.